The maximum absolute atomic E-state index is 12.2. The van der Waals surface area contributed by atoms with E-state index in [0.717, 1.165) is 32.4 Å². The Balaban J connectivity index is 1.42. The zero-order chi connectivity index (χ0) is 19.3. The van der Waals surface area contributed by atoms with Gasteiger partial charge in [0.05, 0.1) is 12.7 Å². The highest BCUT2D eigenvalue weighted by atomic mass is 16.6. The van der Waals surface area contributed by atoms with Gasteiger partial charge < -0.3 is 19.7 Å². The highest BCUT2D eigenvalue weighted by Gasteiger charge is 2.32. The summed E-state index contributed by atoms with van der Waals surface area (Å²) in [5.41, 5.74) is 0.799. The monoisotopic (exact) mass is 374 g/mol. The van der Waals surface area contributed by atoms with Crippen LogP contribution in [0.3, 0.4) is 0 Å². The molecule has 2 atom stereocenters. The van der Waals surface area contributed by atoms with E-state index in [2.05, 4.69) is 29.6 Å². The van der Waals surface area contributed by atoms with Crippen LogP contribution in [-0.2, 0) is 16.1 Å². The summed E-state index contributed by atoms with van der Waals surface area (Å²) in [4.78, 5) is 14.0. The molecule has 0 radical (unpaired) electrons. The number of carbonyl (C=O) groups is 1. The maximum Gasteiger partial charge on any atom is 0.410 e. The molecule has 1 N–H and O–H groups in total. The zero-order valence-electron chi connectivity index (χ0n) is 16.9. The Kier molecular flexibility index (Phi) is 6.77. The molecule has 1 saturated heterocycles. The third-order valence-electron chi connectivity index (χ3n) is 5.36. The Morgan fingerprint density at radius 1 is 1.11 bits per heavy atom. The van der Waals surface area contributed by atoms with Crippen molar-refractivity contribution in [2.75, 3.05) is 13.1 Å². The molecular weight excluding hydrogens is 340 g/mol. The van der Waals surface area contributed by atoms with Crippen molar-refractivity contribution in [2.24, 2.45) is 0 Å². The number of hydrogen-bond acceptors (Lipinski definition) is 4. The largest absolute Gasteiger partial charge is 0.444 e. The number of carbonyl (C=O) groups excluding carboxylic acids is 1. The molecule has 27 heavy (non-hydrogen) atoms. The van der Waals surface area contributed by atoms with E-state index in [1.54, 1.807) is 0 Å². The SMILES string of the molecule is CC(C)(C)OC(=O)N1CCC(NC2CCCC2OCc2ccccc2)CC1. The molecule has 0 spiro atoms. The van der Waals surface area contributed by atoms with Gasteiger partial charge in [0.15, 0.2) is 0 Å². The van der Waals surface area contributed by atoms with Crippen LogP contribution in [0.5, 0.6) is 0 Å². The lowest BCUT2D eigenvalue weighted by Gasteiger charge is -2.35. The minimum absolute atomic E-state index is 0.189. The normalized spacial score (nSPS) is 24.2. The van der Waals surface area contributed by atoms with Crippen LogP contribution in [0.1, 0.15) is 58.4 Å². The minimum atomic E-state index is -0.431. The van der Waals surface area contributed by atoms with Crippen molar-refractivity contribution in [3.63, 3.8) is 0 Å². The zero-order valence-corrected chi connectivity index (χ0v) is 16.9. The molecular formula is C22H34N2O3. The highest BCUT2D eigenvalue weighted by Crippen LogP contribution is 2.25. The summed E-state index contributed by atoms with van der Waals surface area (Å²) in [5, 5.41) is 3.81. The van der Waals surface area contributed by atoms with E-state index >= 15 is 0 Å². The van der Waals surface area contributed by atoms with E-state index in [9.17, 15) is 4.79 Å². The fourth-order valence-electron chi connectivity index (χ4n) is 3.95. The summed E-state index contributed by atoms with van der Waals surface area (Å²) in [5.74, 6) is 0. The van der Waals surface area contributed by atoms with E-state index in [-0.39, 0.29) is 12.2 Å². The molecule has 1 heterocycles. The van der Waals surface area contributed by atoms with Gasteiger partial charge in [0.25, 0.3) is 0 Å². The molecule has 150 valence electrons. The van der Waals surface area contributed by atoms with E-state index in [4.69, 9.17) is 9.47 Å². The van der Waals surface area contributed by atoms with E-state index in [1.165, 1.54) is 18.4 Å². The number of amides is 1. The molecule has 1 aromatic carbocycles. The Morgan fingerprint density at radius 3 is 2.48 bits per heavy atom. The van der Waals surface area contributed by atoms with Crippen LogP contribution in [0.25, 0.3) is 0 Å². The second-order valence-electron chi connectivity index (χ2n) is 8.78. The predicted octanol–water partition coefficient (Wildman–Crippen LogP) is 4.11. The molecule has 2 aliphatic rings. The molecule has 1 saturated carbocycles. The van der Waals surface area contributed by atoms with Gasteiger partial charge in [-0.1, -0.05) is 30.3 Å². The molecule has 1 aliphatic carbocycles. The topological polar surface area (TPSA) is 50.8 Å². The van der Waals surface area contributed by atoms with Crippen molar-refractivity contribution < 1.29 is 14.3 Å². The van der Waals surface area contributed by atoms with Crippen molar-refractivity contribution >= 4 is 6.09 Å². The smallest absolute Gasteiger partial charge is 0.410 e. The van der Waals surface area contributed by atoms with Gasteiger partial charge in [-0.2, -0.15) is 0 Å². The summed E-state index contributed by atoms with van der Waals surface area (Å²) in [6.45, 7) is 7.93. The molecule has 3 rings (SSSR count). The van der Waals surface area contributed by atoms with Gasteiger partial charge in [-0.25, -0.2) is 4.79 Å². The summed E-state index contributed by atoms with van der Waals surface area (Å²) >= 11 is 0. The third kappa shape index (κ3) is 6.22. The van der Waals surface area contributed by atoms with Crippen molar-refractivity contribution in [1.82, 2.24) is 10.2 Å². The molecule has 1 aliphatic heterocycles. The van der Waals surface area contributed by atoms with E-state index < -0.39 is 5.60 Å². The fourth-order valence-corrected chi connectivity index (χ4v) is 3.95. The third-order valence-corrected chi connectivity index (χ3v) is 5.36. The van der Waals surface area contributed by atoms with Gasteiger partial charge in [-0.3, -0.25) is 0 Å². The van der Waals surface area contributed by atoms with Gasteiger partial charge in [0, 0.05) is 25.2 Å². The van der Waals surface area contributed by atoms with Crippen LogP contribution in [0.2, 0.25) is 0 Å². The molecule has 2 unspecified atom stereocenters. The van der Waals surface area contributed by atoms with Crippen molar-refractivity contribution in [3.05, 3.63) is 35.9 Å². The predicted molar refractivity (Wildman–Crippen MR) is 107 cm³/mol. The van der Waals surface area contributed by atoms with Crippen LogP contribution in [0.15, 0.2) is 30.3 Å². The number of piperidine rings is 1. The van der Waals surface area contributed by atoms with E-state index in [0.29, 0.717) is 18.7 Å². The van der Waals surface area contributed by atoms with Crippen molar-refractivity contribution in [3.8, 4) is 0 Å². The lowest BCUT2D eigenvalue weighted by molar-refractivity contribution is 0.0132. The van der Waals surface area contributed by atoms with E-state index in [1.807, 2.05) is 31.7 Å². The number of nitrogens with one attached hydrogen (secondary N) is 1. The van der Waals surface area contributed by atoms with Crippen molar-refractivity contribution in [1.29, 1.82) is 0 Å². The Hall–Kier alpha value is -1.59. The molecule has 0 aromatic heterocycles. The standard InChI is InChI=1S/C22H34N2O3/c1-22(2,3)27-21(25)24-14-12-18(13-15-24)23-19-10-7-11-20(19)26-16-17-8-5-4-6-9-17/h4-6,8-9,18-20,23H,7,10-16H2,1-3H3. The minimum Gasteiger partial charge on any atom is -0.444 e. The van der Waals surface area contributed by atoms with Gasteiger partial charge in [-0.05, 0) is 58.4 Å². The summed E-state index contributed by atoms with van der Waals surface area (Å²) in [7, 11) is 0. The molecule has 5 heteroatoms. The van der Waals surface area contributed by atoms with Crippen LogP contribution in [-0.4, -0.2) is 47.9 Å². The Bertz CT molecular complexity index is 591. The molecule has 1 aromatic rings. The first kappa shape index (κ1) is 20.2. The molecule has 1 amide bonds. The first-order chi connectivity index (χ1) is 12.9. The number of benzene rings is 1. The number of nitrogens with zero attached hydrogens (tertiary/aromatic N) is 1. The average Bonchev–Trinajstić information content (AvgIpc) is 3.07. The quantitative estimate of drug-likeness (QED) is 0.842. The lowest BCUT2D eigenvalue weighted by atomic mass is 10.0. The maximum atomic E-state index is 12.2. The van der Waals surface area contributed by atoms with Gasteiger partial charge in [0.1, 0.15) is 5.60 Å². The second-order valence-corrected chi connectivity index (χ2v) is 8.78. The number of likely N-dealkylation sites (tertiary alicyclic amines) is 1. The summed E-state index contributed by atoms with van der Waals surface area (Å²) in [6.07, 6.45) is 5.56. The number of rotatable bonds is 5. The number of ether oxygens (including phenoxy) is 2. The van der Waals surface area contributed by atoms with Crippen LogP contribution in [0.4, 0.5) is 4.79 Å². The molecule has 5 nitrogen and oxygen atoms in total. The summed E-state index contributed by atoms with van der Waals surface area (Å²) < 4.78 is 11.7. The fraction of sp³-hybridized carbons (Fsp3) is 0.682. The molecule has 2 fully saturated rings. The van der Waals surface area contributed by atoms with Crippen molar-refractivity contribution in [2.45, 2.75) is 83.3 Å². The lowest BCUT2D eigenvalue weighted by Crippen LogP contribution is -2.50. The molecule has 0 bridgehead atoms. The van der Waals surface area contributed by atoms with Gasteiger partial charge >= 0.3 is 6.09 Å². The summed E-state index contributed by atoms with van der Waals surface area (Å²) in [6, 6.07) is 11.3. The first-order valence-electron chi connectivity index (χ1n) is 10.3. The van der Waals surface area contributed by atoms with Gasteiger partial charge in [-0.15, -0.1) is 0 Å². The highest BCUT2D eigenvalue weighted by molar-refractivity contribution is 5.68. The number of hydrogen-bond donors (Lipinski definition) is 1. The van der Waals surface area contributed by atoms with Gasteiger partial charge in [0.2, 0.25) is 0 Å². The first-order valence-corrected chi connectivity index (χ1v) is 10.3. The second kappa shape index (κ2) is 9.07. The van der Waals surface area contributed by atoms with Crippen LogP contribution in [0, 0.1) is 0 Å². The van der Waals surface area contributed by atoms with Crippen LogP contribution < -0.4 is 5.32 Å². The Labute approximate surface area is 163 Å². The van der Waals surface area contributed by atoms with Crippen LogP contribution >= 0.6 is 0 Å². The average molecular weight is 375 g/mol. The Morgan fingerprint density at radius 2 is 1.81 bits per heavy atom.